The number of esters is 3. The van der Waals surface area contributed by atoms with E-state index in [2.05, 4.69) is 9.47 Å². The summed E-state index contributed by atoms with van der Waals surface area (Å²) < 4.78 is 13.8. The number of ether oxygens (including phenoxy) is 3. The second-order valence-electron chi connectivity index (χ2n) is 7.47. The first-order valence-electron chi connectivity index (χ1n) is 10.7. The maximum atomic E-state index is 12.1. The molecule has 0 spiro atoms. The number of aliphatic hydroxyl groups excluding tert-OH is 5. The van der Waals surface area contributed by atoms with Crippen LogP contribution in [0, 0.1) is 0 Å². The highest BCUT2D eigenvalue weighted by atomic mass is 17.2. The second-order valence-corrected chi connectivity index (χ2v) is 7.47. The standard InChI is InChI=1S/C22H32O13/c1-3-15(23)12-35-34-9-13-4-6-14(7-5-13)20(28)32-10-16(24)11-33-22(30)19(27)17(25)8-18(26)21(29)31-2/h4-7,15-19,23-27H,3,8-12H2,1-2H3. The second kappa shape index (κ2) is 16.1. The van der Waals surface area contributed by atoms with Gasteiger partial charge in [0, 0.05) is 6.42 Å². The van der Waals surface area contributed by atoms with Crippen molar-refractivity contribution in [2.75, 3.05) is 26.9 Å². The fourth-order valence-electron chi connectivity index (χ4n) is 2.41. The van der Waals surface area contributed by atoms with Crippen molar-refractivity contribution in [3.8, 4) is 0 Å². The van der Waals surface area contributed by atoms with Crippen LogP contribution in [-0.4, -0.2) is 101 Å². The zero-order valence-corrected chi connectivity index (χ0v) is 19.4. The SMILES string of the molecule is CCC(O)COOCc1ccc(C(=O)OCC(O)COC(=O)C(O)C(O)CC(O)C(=O)OC)cc1. The number of aliphatic hydroxyl groups is 5. The molecule has 13 nitrogen and oxygen atoms in total. The van der Waals surface area contributed by atoms with E-state index in [9.17, 15) is 39.9 Å². The Kier molecular flexibility index (Phi) is 14.0. The van der Waals surface area contributed by atoms with Crippen LogP contribution in [0.1, 0.15) is 35.7 Å². The molecule has 0 radical (unpaired) electrons. The molecule has 0 aromatic heterocycles. The minimum Gasteiger partial charge on any atom is -0.467 e. The van der Waals surface area contributed by atoms with E-state index in [0.29, 0.717) is 12.0 Å². The number of carbonyl (C=O) groups is 3. The van der Waals surface area contributed by atoms with Crippen LogP contribution >= 0.6 is 0 Å². The fraction of sp³-hybridized carbons (Fsp3) is 0.591. The third-order valence-electron chi connectivity index (χ3n) is 4.60. The van der Waals surface area contributed by atoms with E-state index in [0.717, 1.165) is 7.11 Å². The molecule has 13 heteroatoms. The first kappa shape index (κ1) is 30.4. The molecule has 1 aromatic carbocycles. The minimum absolute atomic E-state index is 0.0383. The van der Waals surface area contributed by atoms with Crippen molar-refractivity contribution in [1.82, 2.24) is 0 Å². The van der Waals surface area contributed by atoms with Crippen LogP contribution in [0.25, 0.3) is 0 Å². The monoisotopic (exact) mass is 504 g/mol. The first-order chi connectivity index (χ1) is 16.6. The van der Waals surface area contributed by atoms with E-state index in [1.807, 2.05) is 0 Å². The molecule has 5 atom stereocenters. The number of benzene rings is 1. The predicted molar refractivity (Wildman–Crippen MR) is 115 cm³/mol. The van der Waals surface area contributed by atoms with Crippen molar-refractivity contribution < 1.29 is 63.9 Å². The first-order valence-corrected chi connectivity index (χ1v) is 10.7. The lowest BCUT2D eigenvalue weighted by atomic mass is 10.1. The summed E-state index contributed by atoms with van der Waals surface area (Å²) in [6, 6.07) is 6.13. The van der Waals surface area contributed by atoms with Crippen LogP contribution in [0.15, 0.2) is 24.3 Å². The smallest absolute Gasteiger partial charge is 0.338 e. The van der Waals surface area contributed by atoms with Crippen LogP contribution in [0.2, 0.25) is 0 Å². The zero-order valence-electron chi connectivity index (χ0n) is 19.4. The fourth-order valence-corrected chi connectivity index (χ4v) is 2.41. The number of rotatable bonds is 16. The molecule has 0 saturated carbocycles. The third kappa shape index (κ3) is 11.6. The van der Waals surface area contributed by atoms with Crippen LogP contribution < -0.4 is 0 Å². The lowest BCUT2D eigenvalue weighted by Gasteiger charge is -2.19. The maximum Gasteiger partial charge on any atom is 0.338 e. The van der Waals surface area contributed by atoms with E-state index < -0.39 is 68.1 Å². The van der Waals surface area contributed by atoms with Crippen molar-refractivity contribution in [1.29, 1.82) is 0 Å². The predicted octanol–water partition coefficient (Wildman–Crippen LogP) is -1.39. The van der Waals surface area contributed by atoms with Gasteiger partial charge in [0.25, 0.3) is 0 Å². The van der Waals surface area contributed by atoms with Gasteiger partial charge in [0.15, 0.2) is 12.2 Å². The van der Waals surface area contributed by atoms with E-state index >= 15 is 0 Å². The molecule has 0 heterocycles. The van der Waals surface area contributed by atoms with Gasteiger partial charge >= 0.3 is 17.9 Å². The molecule has 1 rings (SSSR count). The summed E-state index contributed by atoms with van der Waals surface area (Å²) in [5.74, 6) is -3.12. The van der Waals surface area contributed by atoms with Crippen LogP contribution in [0.3, 0.4) is 0 Å². The molecule has 198 valence electrons. The van der Waals surface area contributed by atoms with Gasteiger partial charge in [-0.2, -0.15) is 0 Å². The molecule has 5 unspecified atom stereocenters. The molecule has 0 fully saturated rings. The Morgan fingerprint density at radius 3 is 2.06 bits per heavy atom. The van der Waals surface area contributed by atoms with Crippen molar-refractivity contribution in [3.05, 3.63) is 35.4 Å². The van der Waals surface area contributed by atoms with E-state index in [4.69, 9.17) is 14.5 Å². The quantitative estimate of drug-likeness (QED) is 0.0580. The summed E-state index contributed by atoms with van der Waals surface area (Å²) in [6.07, 6.45) is -7.85. The molecular weight excluding hydrogens is 472 g/mol. The molecule has 0 bridgehead atoms. The lowest BCUT2D eigenvalue weighted by Crippen LogP contribution is -2.40. The normalized spacial score (nSPS) is 15.4. The van der Waals surface area contributed by atoms with Gasteiger partial charge in [-0.15, -0.1) is 0 Å². The molecule has 0 aliphatic rings. The minimum atomic E-state index is -2.09. The highest BCUT2D eigenvalue weighted by Crippen LogP contribution is 2.09. The third-order valence-corrected chi connectivity index (χ3v) is 4.60. The van der Waals surface area contributed by atoms with Gasteiger partial charge in [-0.25, -0.2) is 24.2 Å². The average molecular weight is 504 g/mol. The number of hydrogen-bond donors (Lipinski definition) is 5. The summed E-state index contributed by atoms with van der Waals surface area (Å²) in [5, 5.41) is 48.1. The van der Waals surface area contributed by atoms with Crippen LogP contribution in [0.5, 0.6) is 0 Å². The Labute approximate surface area is 201 Å². The summed E-state index contributed by atoms with van der Waals surface area (Å²) in [5.41, 5.74) is 0.877. The molecule has 0 aliphatic heterocycles. The van der Waals surface area contributed by atoms with Gasteiger partial charge in [-0.05, 0) is 24.1 Å². The Hall–Kier alpha value is -2.65. The molecule has 0 amide bonds. The molecule has 5 N–H and O–H groups in total. The molecule has 1 aromatic rings. The van der Waals surface area contributed by atoms with Crippen molar-refractivity contribution in [2.24, 2.45) is 0 Å². The largest absolute Gasteiger partial charge is 0.467 e. The molecular formula is C22H32O13. The topological polar surface area (TPSA) is 199 Å². The van der Waals surface area contributed by atoms with Gasteiger partial charge in [0.05, 0.1) is 24.9 Å². The van der Waals surface area contributed by atoms with Crippen LogP contribution in [-0.2, 0) is 40.2 Å². The highest BCUT2D eigenvalue weighted by molar-refractivity contribution is 5.89. The summed E-state index contributed by atoms with van der Waals surface area (Å²) >= 11 is 0. The van der Waals surface area contributed by atoms with Gasteiger partial charge in [0.1, 0.15) is 32.5 Å². The summed E-state index contributed by atoms with van der Waals surface area (Å²) in [7, 11) is 1.01. The summed E-state index contributed by atoms with van der Waals surface area (Å²) in [6.45, 7) is 0.759. The van der Waals surface area contributed by atoms with E-state index in [-0.39, 0.29) is 18.8 Å². The zero-order chi connectivity index (χ0) is 26.4. The average Bonchev–Trinajstić information content (AvgIpc) is 2.87. The Balaban J connectivity index is 2.35. The Morgan fingerprint density at radius 1 is 0.829 bits per heavy atom. The van der Waals surface area contributed by atoms with Gasteiger partial charge in [0.2, 0.25) is 0 Å². The van der Waals surface area contributed by atoms with E-state index in [1.165, 1.54) is 12.1 Å². The number of hydrogen-bond acceptors (Lipinski definition) is 13. The number of methoxy groups -OCH3 is 1. The van der Waals surface area contributed by atoms with Crippen molar-refractivity contribution in [2.45, 2.75) is 56.9 Å². The van der Waals surface area contributed by atoms with Crippen molar-refractivity contribution in [3.63, 3.8) is 0 Å². The maximum absolute atomic E-state index is 12.1. The Bertz CT molecular complexity index is 782. The molecule has 0 aliphatic carbocycles. The molecule has 0 saturated heterocycles. The van der Waals surface area contributed by atoms with Crippen LogP contribution in [0.4, 0.5) is 0 Å². The summed E-state index contributed by atoms with van der Waals surface area (Å²) in [4.78, 5) is 44.8. The van der Waals surface area contributed by atoms with Gasteiger partial charge in [-0.3, -0.25) is 0 Å². The Morgan fingerprint density at radius 2 is 1.46 bits per heavy atom. The molecule has 35 heavy (non-hydrogen) atoms. The van der Waals surface area contributed by atoms with Gasteiger partial charge < -0.3 is 39.7 Å². The van der Waals surface area contributed by atoms with Crippen molar-refractivity contribution >= 4 is 17.9 Å². The van der Waals surface area contributed by atoms with E-state index in [1.54, 1.807) is 19.1 Å². The van der Waals surface area contributed by atoms with Gasteiger partial charge in [-0.1, -0.05) is 19.1 Å². The highest BCUT2D eigenvalue weighted by Gasteiger charge is 2.30. The lowest BCUT2D eigenvalue weighted by molar-refractivity contribution is -0.314. The number of carbonyl (C=O) groups excluding carboxylic acids is 3.